The molecule has 0 bridgehead atoms. The van der Waals surface area contributed by atoms with Crippen molar-refractivity contribution < 1.29 is 14.3 Å². The Morgan fingerprint density at radius 1 is 1.40 bits per heavy atom. The Labute approximate surface area is 147 Å². The van der Waals surface area contributed by atoms with E-state index in [1.807, 2.05) is 27.7 Å². The molecule has 1 saturated heterocycles. The van der Waals surface area contributed by atoms with Gasteiger partial charge in [0.2, 0.25) is 0 Å². The number of aromatic nitrogens is 2. The first-order chi connectivity index (χ1) is 11.7. The van der Waals surface area contributed by atoms with Crippen molar-refractivity contribution in [2.45, 2.75) is 64.9 Å². The topological polar surface area (TPSA) is 94.5 Å². The lowest BCUT2D eigenvalue weighted by molar-refractivity contribution is 0.0428. The van der Waals surface area contributed by atoms with E-state index in [1.165, 1.54) is 10.7 Å². The normalized spacial score (nSPS) is 20.3. The molecule has 2 unspecified atom stereocenters. The predicted molar refractivity (Wildman–Crippen MR) is 94.8 cm³/mol. The van der Waals surface area contributed by atoms with Gasteiger partial charge in [0.25, 0.3) is 5.56 Å². The molecular weight excluding hydrogens is 324 g/mol. The van der Waals surface area contributed by atoms with Gasteiger partial charge in [0.05, 0.1) is 30.6 Å². The third-order valence-electron chi connectivity index (χ3n) is 3.69. The van der Waals surface area contributed by atoms with Gasteiger partial charge in [0.15, 0.2) is 0 Å². The van der Waals surface area contributed by atoms with Crippen LogP contribution in [-0.4, -0.2) is 46.8 Å². The van der Waals surface area contributed by atoms with E-state index in [9.17, 15) is 9.59 Å². The lowest BCUT2D eigenvalue weighted by atomic mass is 10.2. The Morgan fingerprint density at radius 2 is 2.16 bits per heavy atom. The van der Waals surface area contributed by atoms with Gasteiger partial charge in [-0.15, -0.1) is 0 Å². The van der Waals surface area contributed by atoms with Crippen molar-refractivity contribution >= 4 is 11.8 Å². The van der Waals surface area contributed by atoms with Crippen LogP contribution in [0.15, 0.2) is 17.1 Å². The van der Waals surface area contributed by atoms with Crippen LogP contribution in [0.3, 0.4) is 0 Å². The summed E-state index contributed by atoms with van der Waals surface area (Å²) in [7, 11) is 0. The van der Waals surface area contributed by atoms with Crippen LogP contribution in [0, 0.1) is 0 Å². The number of hydrogen-bond acceptors (Lipinski definition) is 6. The monoisotopic (exact) mass is 352 g/mol. The van der Waals surface area contributed by atoms with Gasteiger partial charge in [-0.1, -0.05) is 0 Å². The molecule has 2 N–H and O–H groups in total. The second kappa shape index (κ2) is 8.33. The molecule has 140 valence electrons. The van der Waals surface area contributed by atoms with Crippen molar-refractivity contribution in [1.29, 1.82) is 0 Å². The maximum atomic E-state index is 12.1. The average Bonchev–Trinajstić information content (AvgIpc) is 2.90. The van der Waals surface area contributed by atoms with Gasteiger partial charge in [0.1, 0.15) is 5.60 Å². The zero-order chi connectivity index (χ0) is 18.4. The van der Waals surface area contributed by atoms with Crippen LogP contribution in [0.1, 0.15) is 40.5 Å². The maximum Gasteiger partial charge on any atom is 0.407 e. The molecule has 2 rings (SSSR count). The molecule has 0 aromatic carbocycles. The Kier molecular flexibility index (Phi) is 6.41. The van der Waals surface area contributed by atoms with Crippen molar-refractivity contribution in [2.24, 2.45) is 0 Å². The molecule has 1 aliphatic rings. The highest BCUT2D eigenvalue weighted by Crippen LogP contribution is 2.19. The fourth-order valence-corrected chi connectivity index (χ4v) is 2.57. The van der Waals surface area contributed by atoms with Crippen molar-refractivity contribution in [1.82, 2.24) is 15.1 Å². The summed E-state index contributed by atoms with van der Waals surface area (Å²) in [6, 6.07) is 1.50. The number of nitrogens with one attached hydrogen (secondary N) is 2. The molecular formula is C17H28N4O4. The van der Waals surface area contributed by atoms with E-state index in [-0.39, 0.29) is 17.8 Å². The molecule has 2 atom stereocenters. The Balaban J connectivity index is 1.75. The first kappa shape index (κ1) is 19.2. The second-order valence-electron chi connectivity index (χ2n) is 7.27. The SMILES string of the molecule is CC1CCC(Cn2ncc(NCCNC(=O)OC(C)(C)C)cc2=O)O1. The molecule has 1 aliphatic heterocycles. The molecule has 8 heteroatoms. The number of hydrogen-bond donors (Lipinski definition) is 2. The van der Waals surface area contributed by atoms with Crippen LogP contribution >= 0.6 is 0 Å². The highest BCUT2D eigenvalue weighted by molar-refractivity contribution is 5.67. The summed E-state index contributed by atoms with van der Waals surface area (Å²) in [5.41, 5.74) is -0.0755. The highest BCUT2D eigenvalue weighted by Gasteiger charge is 2.22. The molecule has 0 spiro atoms. The summed E-state index contributed by atoms with van der Waals surface area (Å²) in [6.45, 7) is 8.78. The van der Waals surface area contributed by atoms with Gasteiger partial charge < -0.3 is 20.1 Å². The minimum absolute atomic E-state index is 0.0528. The number of nitrogens with zero attached hydrogens (tertiary/aromatic N) is 2. The Morgan fingerprint density at radius 3 is 2.76 bits per heavy atom. The summed E-state index contributed by atoms with van der Waals surface area (Å²) < 4.78 is 12.3. The molecule has 0 aliphatic carbocycles. The largest absolute Gasteiger partial charge is 0.444 e. The second-order valence-corrected chi connectivity index (χ2v) is 7.27. The van der Waals surface area contributed by atoms with E-state index >= 15 is 0 Å². The number of alkyl carbamates (subject to hydrolysis) is 1. The quantitative estimate of drug-likeness (QED) is 0.758. The van der Waals surface area contributed by atoms with Crippen molar-refractivity contribution in [2.75, 3.05) is 18.4 Å². The molecule has 1 fully saturated rings. The van der Waals surface area contributed by atoms with Gasteiger partial charge in [-0.2, -0.15) is 5.10 Å². The van der Waals surface area contributed by atoms with Gasteiger partial charge in [0, 0.05) is 19.2 Å². The third kappa shape index (κ3) is 6.74. The van der Waals surface area contributed by atoms with Gasteiger partial charge in [-0.05, 0) is 40.5 Å². The first-order valence-corrected chi connectivity index (χ1v) is 8.66. The molecule has 1 amide bonds. The van der Waals surface area contributed by atoms with E-state index in [0.717, 1.165) is 12.8 Å². The van der Waals surface area contributed by atoms with Crippen LogP contribution in [0.5, 0.6) is 0 Å². The Hall–Kier alpha value is -2.09. The van der Waals surface area contributed by atoms with Crippen molar-refractivity contribution in [3.05, 3.63) is 22.6 Å². The summed E-state index contributed by atoms with van der Waals surface area (Å²) in [5.74, 6) is 0. The molecule has 25 heavy (non-hydrogen) atoms. The van der Waals surface area contributed by atoms with Crippen molar-refractivity contribution in [3.8, 4) is 0 Å². The smallest absolute Gasteiger partial charge is 0.407 e. The third-order valence-corrected chi connectivity index (χ3v) is 3.69. The fourth-order valence-electron chi connectivity index (χ4n) is 2.57. The standard InChI is InChI=1S/C17H28N4O4/c1-12-5-6-14(24-12)11-21-15(22)9-13(10-20-21)18-7-8-19-16(23)25-17(2,3)4/h9-10,12,14,18H,5-8,11H2,1-4H3,(H,19,23). The van der Waals surface area contributed by atoms with Crippen LogP contribution in [-0.2, 0) is 16.0 Å². The van der Waals surface area contributed by atoms with E-state index in [1.54, 1.807) is 6.20 Å². The summed E-state index contributed by atoms with van der Waals surface area (Å²) >= 11 is 0. The van der Waals surface area contributed by atoms with Crippen LogP contribution in [0.2, 0.25) is 0 Å². The average molecular weight is 352 g/mol. The van der Waals surface area contributed by atoms with Crippen LogP contribution in [0.4, 0.5) is 10.5 Å². The zero-order valence-corrected chi connectivity index (χ0v) is 15.4. The van der Waals surface area contributed by atoms with Crippen LogP contribution < -0.4 is 16.2 Å². The Bertz CT molecular complexity index is 638. The minimum atomic E-state index is -0.521. The van der Waals surface area contributed by atoms with E-state index < -0.39 is 11.7 Å². The molecule has 2 heterocycles. The molecule has 1 aromatic rings. The summed E-state index contributed by atoms with van der Waals surface area (Å²) in [5, 5.41) is 9.88. The summed E-state index contributed by atoms with van der Waals surface area (Å²) in [6.07, 6.45) is 3.41. The van der Waals surface area contributed by atoms with Gasteiger partial charge in [-0.25, -0.2) is 9.48 Å². The molecule has 0 saturated carbocycles. The van der Waals surface area contributed by atoms with Gasteiger partial charge >= 0.3 is 6.09 Å². The minimum Gasteiger partial charge on any atom is -0.444 e. The van der Waals surface area contributed by atoms with Gasteiger partial charge in [-0.3, -0.25) is 4.79 Å². The number of carbonyl (C=O) groups excluding carboxylic acids is 1. The maximum absolute atomic E-state index is 12.1. The van der Waals surface area contributed by atoms with Crippen LogP contribution in [0.25, 0.3) is 0 Å². The molecule has 1 aromatic heterocycles. The van der Waals surface area contributed by atoms with E-state index in [0.29, 0.717) is 25.3 Å². The van der Waals surface area contributed by atoms with E-state index in [4.69, 9.17) is 9.47 Å². The highest BCUT2D eigenvalue weighted by atomic mass is 16.6. The van der Waals surface area contributed by atoms with E-state index in [2.05, 4.69) is 15.7 Å². The zero-order valence-electron chi connectivity index (χ0n) is 15.4. The lowest BCUT2D eigenvalue weighted by Crippen LogP contribution is -2.35. The number of carbonyl (C=O) groups is 1. The first-order valence-electron chi connectivity index (χ1n) is 8.66. The fraction of sp³-hybridized carbons (Fsp3) is 0.706. The lowest BCUT2D eigenvalue weighted by Gasteiger charge is -2.19. The molecule has 8 nitrogen and oxygen atoms in total. The number of anilines is 1. The molecule has 0 radical (unpaired) electrons. The predicted octanol–water partition coefficient (Wildman–Crippen LogP) is 1.75. The summed E-state index contributed by atoms with van der Waals surface area (Å²) in [4.78, 5) is 23.6. The number of amides is 1. The number of rotatable bonds is 6. The van der Waals surface area contributed by atoms with Crippen molar-refractivity contribution in [3.63, 3.8) is 0 Å². The number of ether oxygens (including phenoxy) is 2.